The zero-order valence-electron chi connectivity index (χ0n) is 10.3. The Labute approximate surface area is 111 Å². The molecule has 100 valence electrons. The lowest BCUT2D eigenvalue weighted by Crippen LogP contribution is -1.98. The van der Waals surface area contributed by atoms with Gasteiger partial charge in [-0.1, -0.05) is 12.1 Å². The van der Waals surface area contributed by atoms with Crippen LogP contribution in [0.5, 0.6) is 11.6 Å². The minimum atomic E-state index is -3.27. The molecular weight excluding hydrogens is 266 g/mol. The monoisotopic (exact) mass is 279 g/mol. The smallest absolute Gasteiger partial charge is 0.219 e. The van der Waals surface area contributed by atoms with Crippen LogP contribution < -0.4 is 4.74 Å². The number of rotatable bonds is 4. The molecule has 0 saturated carbocycles. The highest BCUT2D eigenvalue weighted by atomic mass is 32.2. The van der Waals surface area contributed by atoms with Crippen molar-refractivity contribution in [2.24, 2.45) is 0 Å². The molecule has 1 aromatic carbocycles. The van der Waals surface area contributed by atoms with Crippen molar-refractivity contribution in [3.05, 3.63) is 48.2 Å². The first-order valence-electron chi connectivity index (χ1n) is 5.54. The highest BCUT2D eigenvalue weighted by molar-refractivity contribution is 7.90. The molecule has 6 heteroatoms. The molecule has 0 atom stereocenters. The summed E-state index contributed by atoms with van der Waals surface area (Å²) >= 11 is 0. The summed E-state index contributed by atoms with van der Waals surface area (Å²) in [7, 11) is -3.27. The predicted molar refractivity (Wildman–Crippen MR) is 69.8 cm³/mol. The van der Waals surface area contributed by atoms with E-state index in [0.29, 0.717) is 17.3 Å². The van der Waals surface area contributed by atoms with Gasteiger partial charge in [0, 0.05) is 12.3 Å². The van der Waals surface area contributed by atoms with Crippen LogP contribution in [-0.2, 0) is 16.4 Å². The summed E-state index contributed by atoms with van der Waals surface area (Å²) in [4.78, 5) is 4.24. The van der Waals surface area contributed by atoms with E-state index >= 15 is 0 Å². The Morgan fingerprint density at radius 3 is 2.63 bits per heavy atom. The van der Waals surface area contributed by atoms with E-state index in [1.54, 1.807) is 30.3 Å². The molecular formula is C13H13NO4S. The Hall–Kier alpha value is -1.92. The van der Waals surface area contributed by atoms with Crippen molar-refractivity contribution < 1.29 is 18.3 Å². The molecule has 1 N–H and O–H groups in total. The van der Waals surface area contributed by atoms with Gasteiger partial charge in [0.1, 0.15) is 5.75 Å². The van der Waals surface area contributed by atoms with Crippen molar-refractivity contribution in [2.75, 3.05) is 6.26 Å². The Balaban J connectivity index is 2.28. The lowest BCUT2D eigenvalue weighted by atomic mass is 10.3. The van der Waals surface area contributed by atoms with E-state index in [2.05, 4.69) is 4.98 Å². The van der Waals surface area contributed by atoms with Gasteiger partial charge >= 0.3 is 0 Å². The number of hydrogen-bond acceptors (Lipinski definition) is 5. The number of aliphatic hydroxyl groups is 1. The van der Waals surface area contributed by atoms with Crippen molar-refractivity contribution >= 4 is 9.84 Å². The number of sulfone groups is 1. The summed E-state index contributed by atoms with van der Waals surface area (Å²) in [6.45, 7) is -0.180. The van der Waals surface area contributed by atoms with E-state index < -0.39 is 9.84 Å². The van der Waals surface area contributed by atoms with Gasteiger partial charge < -0.3 is 9.84 Å². The Morgan fingerprint density at radius 2 is 1.95 bits per heavy atom. The largest absolute Gasteiger partial charge is 0.439 e. The van der Waals surface area contributed by atoms with Crippen molar-refractivity contribution in [1.29, 1.82) is 0 Å². The summed E-state index contributed by atoms with van der Waals surface area (Å²) in [5.74, 6) is 0.683. The third-order valence-electron chi connectivity index (χ3n) is 2.40. The SMILES string of the molecule is CS(=O)(=O)c1cccc(Oc2cccc(CO)n2)c1. The number of benzene rings is 1. The average Bonchev–Trinajstić information content (AvgIpc) is 2.38. The summed E-state index contributed by atoms with van der Waals surface area (Å²) in [6, 6.07) is 11.2. The van der Waals surface area contributed by atoms with Crippen LogP contribution >= 0.6 is 0 Å². The van der Waals surface area contributed by atoms with E-state index in [-0.39, 0.29) is 11.5 Å². The fourth-order valence-corrected chi connectivity index (χ4v) is 2.15. The maximum absolute atomic E-state index is 11.4. The van der Waals surface area contributed by atoms with Crippen LogP contribution in [0.15, 0.2) is 47.4 Å². The number of hydrogen-bond donors (Lipinski definition) is 1. The molecule has 0 unspecified atom stereocenters. The minimum Gasteiger partial charge on any atom is -0.439 e. The second kappa shape index (κ2) is 5.38. The van der Waals surface area contributed by atoms with Gasteiger partial charge in [-0.05, 0) is 24.3 Å². The summed E-state index contributed by atoms with van der Waals surface area (Å²) in [5, 5.41) is 8.98. The molecule has 0 fully saturated rings. The Morgan fingerprint density at radius 1 is 1.21 bits per heavy atom. The van der Waals surface area contributed by atoms with E-state index in [1.165, 1.54) is 12.1 Å². The normalized spacial score (nSPS) is 11.3. The van der Waals surface area contributed by atoms with Crippen molar-refractivity contribution in [1.82, 2.24) is 4.98 Å². The third kappa shape index (κ3) is 3.52. The van der Waals surface area contributed by atoms with Crippen LogP contribution in [0.2, 0.25) is 0 Å². The molecule has 0 aliphatic carbocycles. The lowest BCUT2D eigenvalue weighted by Gasteiger charge is -2.07. The van der Waals surface area contributed by atoms with Crippen LogP contribution in [-0.4, -0.2) is 24.8 Å². The molecule has 2 rings (SSSR count). The van der Waals surface area contributed by atoms with Crippen LogP contribution in [0.1, 0.15) is 5.69 Å². The van der Waals surface area contributed by atoms with E-state index in [4.69, 9.17) is 9.84 Å². The molecule has 0 aliphatic rings. The van der Waals surface area contributed by atoms with Gasteiger partial charge in [0.2, 0.25) is 5.88 Å². The predicted octanol–water partition coefficient (Wildman–Crippen LogP) is 1.77. The molecule has 0 radical (unpaired) electrons. The summed E-state index contributed by atoms with van der Waals surface area (Å²) < 4.78 is 28.3. The van der Waals surface area contributed by atoms with Crippen LogP contribution in [0, 0.1) is 0 Å². The van der Waals surface area contributed by atoms with Crippen LogP contribution in [0.25, 0.3) is 0 Å². The molecule has 1 heterocycles. The van der Waals surface area contributed by atoms with E-state index in [9.17, 15) is 8.42 Å². The van der Waals surface area contributed by atoms with E-state index in [1.807, 2.05) is 0 Å². The maximum Gasteiger partial charge on any atom is 0.219 e. The van der Waals surface area contributed by atoms with Crippen LogP contribution in [0.3, 0.4) is 0 Å². The molecule has 5 nitrogen and oxygen atoms in total. The number of aliphatic hydroxyl groups excluding tert-OH is 1. The second-order valence-corrected chi connectivity index (χ2v) is 5.99. The number of aromatic nitrogens is 1. The second-order valence-electron chi connectivity index (χ2n) is 3.97. The van der Waals surface area contributed by atoms with Crippen molar-refractivity contribution in [2.45, 2.75) is 11.5 Å². The third-order valence-corrected chi connectivity index (χ3v) is 3.51. The lowest BCUT2D eigenvalue weighted by molar-refractivity contribution is 0.275. The number of pyridine rings is 1. The molecule has 2 aromatic rings. The quantitative estimate of drug-likeness (QED) is 0.923. The highest BCUT2D eigenvalue weighted by Gasteiger charge is 2.08. The zero-order valence-corrected chi connectivity index (χ0v) is 11.1. The van der Waals surface area contributed by atoms with Gasteiger partial charge in [0.25, 0.3) is 0 Å². The van der Waals surface area contributed by atoms with Gasteiger partial charge in [-0.2, -0.15) is 0 Å². The Kier molecular flexibility index (Phi) is 3.82. The first kappa shape index (κ1) is 13.5. The average molecular weight is 279 g/mol. The molecule has 19 heavy (non-hydrogen) atoms. The standard InChI is InChI=1S/C13H13NO4S/c1-19(16,17)12-6-3-5-11(8-12)18-13-7-2-4-10(9-15)14-13/h2-8,15H,9H2,1H3. The van der Waals surface area contributed by atoms with E-state index in [0.717, 1.165) is 6.26 Å². The van der Waals surface area contributed by atoms with Gasteiger partial charge in [-0.25, -0.2) is 13.4 Å². The number of nitrogens with zero attached hydrogens (tertiary/aromatic N) is 1. The van der Waals surface area contributed by atoms with Crippen molar-refractivity contribution in [3.63, 3.8) is 0 Å². The summed E-state index contributed by atoms with van der Waals surface area (Å²) in [6.07, 6.45) is 1.14. The minimum absolute atomic E-state index is 0.180. The molecule has 0 amide bonds. The molecule has 0 spiro atoms. The maximum atomic E-state index is 11.4. The molecule has 0 aliphatic heterocycles. The van der Waals surface area contributed by atoms with Crippen molar-refractivity contribution in [3.8, 4) is 11.6 Å². The van der Waals surface area contributed by atoms with Gasteiger partial charge in [0.15, 0.2) is 9.84 Å². The first-order chi connectivity index (χ1) is 8.99. The summed E-state index contributed by atoms with van der Waals surface area (Å²) in [5.41, 5.74) is 0.483. The topological polar surface area (TPSA) is 76.5 Å². The molecule has 1 aromatic heterocycles. The highest BCUT2D eigenvalue weighted by Crippen LogP contribution is 2.22. The molecule has 0 bridgehead atoms. The molecule has 0 saturated heterocycles. The Bertz CT molecular complexity index is 683. The fourth-order valence-electron chi connectivity index (χ4n) is 1.49. The van der Waals surface area contributed by atoms with Gasteiger partial charge in [-0.15, -0.1) is 0 Å². The van der Waals surface area contributed by atoms with Gasteiger partial charge in [0.05, 0.1) is 17.2 Å². The number of ether oxygens (including phenoxy) is 1. The first-order valence-corrected chi connectivity index (χ1v) is 7.43. The zero-order chi connectivity index (χ0) is 13.9. The fraction of sp³-hybridized carbons (Fsp3) is 0.154. The van der Waals surface area contributed by atoms with Gasteiger partial charge in [-0.3, -0.25) is 0 Å². The van der Waals surface area contributed by atoms with Crippen LogP contribution in [0.4, 0.5) is 0 Å².